The van der Waals surface area contributed by atoms with Gasteiger partial charge in [-0.1, -0.05) is 6.07 Å². The summed E-state index contributed by atoms with van der Waals surface area (Å²) in [5.41, 5.74) is 5.87. The predicted molar refractivity (Wildman–Crippen MR) is 71.9 cm³/mol. The van der Waals surface area contributed by atoms with Gasteiger partial charge in [-0.25, -0.2) is 8.42 Å². The fraction of sp³-hybridized carbons (Fsp3) is 0.500. The van der Waals surface area contributed by atoms with Crippen molar-refractivity contribution in [2.24, 2.45) is 5.73 Å². The molecule has 1 rings (SSSR count). The Hall–Kier alpha value is -1.31. The summed E-state index contributed by atoms with van der Waals surface area (Å²) in [6.45, 7) is 2.23. The first kappa shape index (κ1) is 15.7. The third-order valence-corrected chi connectivity index (χ3v) is 3.88. The highest BCUT2D eigenvalue weighted by atomic mass is 32.2. The molecule has 0 aliphatic carbocycles. The van der Waals surface area contributed by atoms with Gasteiger partial charge in [0.25, 0.3) is 0 Å². The van der Waals surface area contributed by atoms with E-state index < -0.39 is 21.3 Å². The first-order chi connectivity index (χ1) is 8.81. The molecule has 0 aliphatic heterocycles. The van der Waals surface area contributed by atoms with Crippen LogP contribution in [0.1, 0.15) is 18.6 Å². The Labute approximate surface area is 113 Å². The van der Waals surface area contributed by atoms with Crippen LogP contribution in [0.5, 0.6) is 11.5 Å². The number of hydrogen-bond acceptors (Lipinski definition) is 6. The minimum atomic E-state index is -3.54. The van der Waals surface area contributed by atoms with Crippen molar-refractivity contribution in [3.8, 4) is 11.5 Å². The summed E-state index contributed by atoms with van der Waals surface area (Å²) in [6.07, 6.45) is -0.339. The summed E-state index contributed by atoms with van der Waals surface area (Å²) in [5, 5.41) is 8.60. The molecule has 108 valence electrons. The molecule has 3 N–H and O–H groups in total. The van der Waals surface area contributed by atoms with Crippen molar-refractivity contribution in [3.63, 3.8) is 0 Å². The average Bonchev–Trinajstić information content (AvgIpc) is 2.36. The lowest BCUT2D eigenvalue weighted by molar-refractivity contribution is 0.172. The monoisotopic (exact) mass is 289 g/mol. The summed E-state index contributed by atoms with van der Waals surface area (Å²) in [7, 11) is -2.04. The molecule has 0 aromatic heterocycles. The lowest BCUT2D eigenvalue weighted by atomic mass is 10.1. The Morgan fingerprint density at radius 3 is 2.47 bits per heavy atom. The molecule has 0 fully saturated rings. The second kappa shape index (κ2) is 6.23. The first-order valence-electron chi connectivity index (χ1n) is 5.74. The molecular weight excluding hydrogens is 270 g/mol. The predicted octanol–water partition coefficient (Wildman–Crippen LogP) is 0.457. The van der Waals surface area contributed by atoms with Crippen molar-refractivity contribution in [2.75, 3.05) is 20.0 Å². The number of nitrogens with two attached hydrogens (primary N) is 1. The second-order valence-corrected chi connectivity index (χ2v) is 6.29. The van der Waals surface area contributed by atoms with Crippen molar-refractivity contribution in [1.82, 2.24) is 0 Å². The molecule has 0 saturated heterocycles. The highest BCUT2D eigenvalue weighted by Crippen LogP contribution is 2.31. The van der Waals surface area contributed by atoms with E-state index in [9.17, 15) is 13.5 Å². The summed E-state index contributed by atoms with van der Waals surface area (Å²) >= 11 is 0. The van der Waals surface area contributed by atoms with Gasteiger partial charge < -0.3 is 20.3 Å². The molecule has 0 amide bonds. The lowest BCUT2D eigenvalue weighted by Gasteiger charge is -2.19. The van der Waals surface area contributed by atoms with Crippen molar-refractivity contribution >= 4 is 9.84 Å². The molecule has 1 aromatic rings. The van der Waals surface area contributed by atoms with Crippen LogP contribution in [0.4, 0.5) is 0 Å². The zero-order valence-corrected chi connectivity index (χ0v) is 12.0. The van der Waals surface area contributed by atoms with Gasteiger partial charge in [-0.15, -0.1) is 0 Å². The number of ether oxygens (including phenoxy) is 2. The van der Waals surface area contributed by atoms with Crippen LogP contribution in [0.2, 0.25) is 0 Å². The van der Waals surface area contributed by atoms with Crippen LogP contribution in [0, 0.1) is 0 Å². The quantitative estimate of drug-likeness (QED) is 0.789. The Morgan fingerprint density at radius 1 is 1.37 bits per heavy atom. The third-order valence-electron chi connectivity index (χ3n) is 2.63. The standard InChI is InChI=1S/C12H19NO5S/c1-4-18-10-7-8(5-6-9(10)17-2)11(14)12(13)19(3,15)16/h5-7,11-12,14H,4,13H2,1-3H3. The Kier molecular flexibility index (Phi) is 5.16. The molecule has 0 heterocycles. The molecule has 0 bridgehead atoms. The van der Waals surface area contributed by atoms with E-state index in [0.29, 0.717) is 23.7 Å². The van der Waals surface area contributed by atoms with Gasteiger partial charge >= 0.3 is 0 Å². The average molecular weight is 289 g/mol. The van der Waals surface area contributed by atoms with Crippen molar-refractivity contribution in [3.05, 3.63) is 23.8 Å². The number of hydrogen-bond donors (Lipinski definition) is 2. The normalized spacial score (nSPS) is 14.8. The molecule has 0 aliphatic rings. The maximum atomic E-state index is 11.3. The molecule has 0 spiro atoms. The van der Waals surface area contributed by atoms with Crippen LogP contribution in [-0.2, 0) is 9.84 Å². The number of aliphatic hydroxyl groups excluding tert-OH is 1. The largest absolute Gasteiger partial charge is 0.493 e. The van der Waals surface area contributed by atoms with Gasteiger partial charge in [0, 0.05) is 6.26 Å². The number of sulfone groups is 1. The summed E-state index contributed by atoms with van der Waals surface area (Å²) in [5.74, 6) is 0.938. The van der Waals surface area contributed by atoms with Crippen LogP contribution in [0.3, 0.4) is 0 Å². The van der Waals surface area contributed by atoms with Crippen LogP contribution >= 0.6 is 0 Å². The van der Waals surface area contributed by atoms with Gasteiger partial charge in [0.2, 0.25) is 0 Å². The molecule has 0 radical (unpaired) electrons. The van der Waals surface area contributed by atoms with Gasteiger partial charge in [0.1, 0.15) is 11.5 Å². The van der Waals surface area contributed by atoms with Crippen LogP contribution in [0.25, 0.3) is 0 Å². The van der Waals surface area contributed by atoms with Gasteiger partial charge in [-0.3, -0.25) is 0 Å². The fourth-order valence-corrected chi connectivity index (χ4v) is 2.19. The molecule has 19 heavy (non-hydrogen) atoms. The van der Waals surface area contributed by atoms with Gasteiger partial charge in [-0.2, -0.15) is 0 Å². The van der Waals surface area contributed by atoms with E-state index >= 15 is 0 Å². The van der Waals surface area contributed by atoms with Crippen molar-refractivity contribution in [2.45, 2.75) is 18.4 Å². The lowest BCUT2D eigenvalue weighted by Crippen LogP contribution is -2.36. The SMILES string of the molecule is CCOc1cc(C(O)C(N)S(C)(=O)=O)ccc1OC. The van der Waals surface area contributed by atoms with Gasteiger partial charge in [0.05, 0.1) is 13.7 Å². The zero-order valence-electron chi connectivity index (χ0n) is 11.2. The molecule has 1 aromatic carbocycles. The third kappa shape index (κ3) is 3.82. The van der Waals surface area contributed by atoms with E-state index in [2.05, 4.69) is 0 Å². The molecule has 7 heteroatoms. The number of benzene rings is 1. The van der Waals surface area contributed by atoms with Crippen molar-refractivity contribution in [1.29, 1.82) is 0 Å². The smallest absolute Gasteiger partial charge is 0.166 e. The Balaban J connectivity index is 3.11. The maximum Gasteiger partial charge on any atom is 0.166 e. The minimum Gasteiger partial charge on any atom is -0.493 e. The molecule has 6 nitrogen and oxygen atoms in total. The van der Waals surface area contributed by atoms with Crippen molar-refractivity contribution < 1.29 is 23.0 Å². The minimum absolute atomic E-state index is 0.363. The fourth-order valence-electron chi connectivity index (χ4n) is 1.57. The number of aliphatic hydroxyl groups is 1. The molecule has 2 unspecified atom stereocenters. The van der Waals surface area contributed by atoms with Crippen LogP contribution in [0.15, 0.2) is 18.2 Å². The highest BCUT2D eigenvalue weighted by molar-refractivity contribution is 7.91. The van der Waals surface area contributed by atoms with E-state index in [1.165, 1.54) is 13.2 Å². The topological polar surface area (TPSA) is 98.9 Å². The van der Waals surface area contributed by atoms with E-state index in [4.69, 9.17) is 15.2 Å². The van der Waals surface area contributed by atoms with E-state index in [0.717, 1.165) is 6.26 Å². The van der Waals surface area contributed by atoms with E-state index in [1.807, 2.05) is 6.92 Å². The number of rotatable bonds is 6. The van der Waals surface area contributed by atoms with Gasteiger partial charge in [0.15, 0.2) is 21.3 Å². The summed E-state index contributed by atoms with van der Waals surface area (Å²) < 4.78 is 33.1. The molecule has 0 saturated carbocycles. The Morgan fingerprint density at radius 2 is 2.00 bits per heavy atom. The van der Waals surface area contributed by atoms with Gasteiger partial charge in [-0.05, 0) is 24.6 Å². The highest BCUT2D eigenvalue weighted by Gasteiger charge is 2.26. The van der Waals surface area contributed by atoms with Crippen LogP contribution < -0.4 is 15.2 Å². The first-order valence-corrected chi connectivity index (χ1v) is 7.70. The molecular formula is C12H19NO5S. The summed E-state index contributed by atoms with van der Waals surface area (Å²) in [6, 6.07) is 4.67. The zero-order chi connectivity index (χ0) is 14.6. The van der Waals surface area contributed by atoms with E-state index in [-0.39, 0.29) is 0 Å². The van der Waals surface area contributed by atoms with E-state index in [1.54, 1.807) is 12.1 Å². The molecule has 2 atom stereocenters. The second-order valence-electron chi connectivity index (χ2n) is 4.08. The summed E-state index contributed by atoms with van der Waals surface area (Å²) in [4.78, 5) is 0. The Bertz CT molecular complexity index is 529. The number of methoxy groups -OCH3 is 1. The maximum absolute atomic E-state index is 11.3. The van der Waals surface area contributed by atoms with Crippen LogP contribution in [-0.4, -0.2) is 38.9 Å².